The smallest absolute Gasteiger partial charge is 0.250 e. The van der Waals surface area contributed by atoms with Crippen molar-refractivity contribution < 1.29 is 9.18 Å². The van der Waals surface area contributed by atoms with Crippen LogP contribution in [0.4, 0.5) is 10.1 Å². The van der Waals surface area contributed by atoms with Crippen LogP contribution < -0.4 is 16.4 Å². The zero-order chi connectivity index (χ0) is 12.4. The SMILES string of the molecule is NCC1CCCN1c1ccc(F)cc1C(N)=O. The third-order valence-corrected chi connectivity index (χ3v) is 3.18. The quantitative estimate of drug-likeness (QED) is 0.818. The molecule has 4 N–H and O–H groups in total. The normalized spacial score (nSPS) is 19.6. The minimum absolute atomic E-state index is 0.207. The van der Waals surface area contributed by atoms with E-state index >= 15 is 0 Å². The molecule has 92 valence electrons. The van der Waals surface area contributed by atoms with Crippen LogP contribution in [0.2, 0.25) is 0 Å². The van der Waals surface area contributed by atoms with Gasteiger partial charge in [-0.2, -0.15) is 0 Å². The molecule has 1 aliphatic rings. The van der Waals surface area contributed by atoms with Gasteiger partial charge in [0.15, 0.2) is 0 Å². The van der Waals surface area contributed by atoms with E-state index in [1.165, 1.54) is 12.1 Å². The van der Waals surface area contributed by atoms with Gasteiger partial charge in [0.25, 0.3) is 5.91 Å². The Morgan fingerprint density at radius 2 is 2.29 bits per heavy atom. The average Bonchev–Trinajstić information content (AvgIpc) is 2.76. The summed E-state index contributed by atoms with van der Waals surface area (Å²) in [6, 6.07) is 4.33. The Bertz CT molecular complexity index is 436. The van der Waals surface area contributed by atoms with E-state index in [9.17, 15) is 9.18 Å². The first-order valence-corrected chi connectivity index (χ1v) is 5.69. The highest BCUT2D eigenvalue weighted by atomic mass is 19.1. The second-order valence-corrected chi connectivity index (χ2v) is 4.25. The van der Waals surface area contributed by atoms with Crippen LogP contribution in [0.1, 0.15) is 23.2 Å². The lowest BCUT2D eigenvalue weighted by molar-refractivity contribution is 0.100. The number of primary amides is 1. The Balaban J connectivity index is 2.40. The van der Waals surface area contributed by atoms with Crippen molar-refractivity contribution in [3.05, 3.63) is 29.6 Å². The molecular weight excluding hydrogens is 221 g/mol. The van der Waals surface area contributed by atoms with E-state index < -0.39 is 11.7 Å². The molecule has 1 heterocycles. The van der Waals surface area contributed by atoms with Crippen LogP contribution in [0.15, 0.2) is 18.2 Å². The lowest BCUT2D eigenvalue weighted by atomic mass is 10.1. The number of amides is 1. The van der Waals surface area contributed by atoms with Gasteiger partial charge in [-0.1, -0.05) is 0 Å². The van der Waals surface area contributed by atoms with E-state index in [4.69, 9.17) is 11.5 Å². The number of rotatable bonds is 3. The van der Waals surface area contributed by atoms with Crippen molar-refractivity contribution in [3.63, 3.8) is 0 Å². The molecule has 5 heteroatoms. The molecule has 0 saturated carbocycles. The third-order valence-electron chi connectivity index (χ3n) is 3.18. The summed E-state index contributed by atoms with van der Waals surface area (Å²) < 4.78 is 13.1. The summed E-state index contributed by atoms with van der Waals surface area (Å²) in [7, 11) is 0. The monoisotopic (exact) mass is 237 g/mol. The van der Waals surface area contributed by atoms with Crippen molar-refractivity contribution >= 4 is 11.6 Å². The maximum Gasteiger partial charge on any atom is 0.250 e. The summed E-state index contributed by atoms with van der Waals surface area (Å²) in [6.45, 7) is 1.35. The Hall–Kier alpha value is -1.62. The molecule has 0 bridgehead atoms. The van der Waals surface area contributed by atoms with Crippen LogP contribution in [-0.2, 0) is 0 Å². The van der Waals surface area contributed by atoms with Crippen LogP contribution in [0.5, 0.6) is 0 Å². The number of carbonyl (C=O) groups excluding carboxylic acids is 1. The average molecular weight is 237 g/mol. The minimum atomic E-state index is -0.609. The molecule has 4 nitrogen and oxygen atoms in total. The first kappa shape index (κ1) is 11.9. The van der Waals surface area contributed by atoms with Gasteiger partial charge in [-0.25, -0.2) is 4.39 Å². The molecule has 1 atom stereocenters. The van der Waals surface area contributed by atoms with Gasteiger partial charge < -0.3 is 16.4 Å². The van der Waals surface area contributed by atoms with Crippen molar-refractivity contribution in [2.75, 3.05) is 18.0 Å². The zero-order valence-corrected chi connectivity index (χ0v) is 9.53. The van der Waals surface area contributed by atoms with Gasteiger partial charge in [-0.3, -0.25) is 4.79 Å². The van der Waals surface area contributed by atoms with E-state index in [1.807, 2.05) is 4.90 Å². The Labute approximate surface area is 99.4 Å². The Morgan fingerprint density at radius 3 is 2.94 bits per heavy atom. The first-order chi connectivity index (χ1) is 8.13. The fourth-order valence-corrected chi connectivity index (χ4v) is 2.35. The van der Waals surface area contributed by atoms with Gasteiger partial charge in [-0.05, 0) is 31.0 Å². The summed E-state index contributed by atoms with van der Waals surface area (Å²) >= 11 is 0. The van der Waals surface area contributed by atoms with E-state index in [2.05, 4.69) is 0 Å². The molecule has 1 amide bonds. The second-order valence-electron chi connectivity index (χ2n) is 4.25. The van der Waals surface area contributed by atoms with Gasteiger partial charge in [0.2, 0.25) is 0 Å². The van der Waals surface area contributed by atoms with Gasteiger partial charge in [0.05, 0.1) is 11.3 Å². The van der Waals surface area contributed by atoms with Crippen molar-refractivity contribution in [1.29, 1.82) is 0 Å². The third kappa shape index (κ3) is 2.24. The molecule has 1 aromatic rings. The van der Waals surface area contributed by atoms with Crippen molar-refractivity contribution in [3.8, 4) is 0 Å². The van der Waals surface area contributed by atoms with Crippen LogP contribution in [0.25, 0.3) is 0 Å². The summed E-state index contributed by atoms with van der Waals surface area (Å²) in [5, 5.41) is 0. The van der Waals surface area contributed by atoms with E-state index in [0.29, 0.717) is 12.2 Å². The Morgan fingerprint density at radius 1 is 1.53 bits per heavy atom. The lowest BCUT2D eigenvalue weighted by Crippen LogP contribution is -2.36. The van der Waals surface area contributed by atoms with Crippen molar-refractivity contribution in [1.82, 2.24) is 0 Å². The molecule has 1 aromatic carbocycles. The second kappa shape index (κ2) is 4.71. The van der Waals surface area contributed by atoms with Crippen molar-refractivity contribution in [2.24, 2.45) is 11.5 Å². The fourth-order valence-electron chi connectivity index (χ4n) is 2.35. The largest absolute Gasteiger partial charge is 0.367 e. The number of hydrogen-bond donors (Lipinski definition) is 2. The van der Waals surface area contributed by atoms with Crippen LogP contribution >= 0.6 is 0 Å². The predicted molar refractivity (Wildman–Crippen MR) is 64.3 cm³/mol. The summed E-state index contributed by atoms with van der Waals surface area (Å²) in [4.78, 5) is 13.4. The first-order valence-electron chi connectivity index (χ1n) is 5.69. The van der Waals surface area contributed by atoms with Gasteiger partial charge in [0.1, 0.15) is 5.82 Å². The Kier molecular flexibility index (Phi) is 3.28. The van der Waals surface area contributed by atoms with Crippen molar-refractivity contribution in [2.45, 2.75) is 18.9 Å². The molecule has 0 radical (unpaired) electrons. The number of anilines is 1. The van der Waals surface area contributed by atoms with Gasteiger partial charge in [0, 0.05) is 19.1 Å². The molecule has 2 rings (SSSR count). The molecule has 1 fully saturated rings. The lowest BCUT2D eigenvalue weighted by Gasteiger charge is -2.27. The summed E-state index contributed by atoms with van der Waals surface area (Å²) in [5.41, 5.74) is 11.9. The molecule has 0 spiro atoms. The highest BCUT2D eigenvalue weighted by molar-refractivity contribution is 5.98. The summed E-state index contributed by atoms with van der Waals surface area (Å²) in [5.74, 6) is -1.06. The van der Waals surface area contributed by atoms with Gasteiger partial charge in [-0.15, -0.1) is 0 Å². The van der Waals surface area contributed by atoms with E-state index in [0.717, 1.165) is 19.4 Å². The number of carbonyl (C=O) groups is 1. The highest BCUT2D eigenvalue weighted by Crippen LogP contribution is 2.28. The van der Waals surface area contributed by atoms with E-state index in [1.54, 1.807) is 6.07 Å². The van der Waals surface area contributed by atoms with E-state index in [-0.39, 0.29) is 11.6 Å². The van der Waals surface area contributed by atoms with Crippen LogP contribution in [0, 0.1) is 5.82 Å². The number of benzene rings is 1. The summed E-state index contributed by atoms with van der Waals surface area (Å²) in [6.07, 6.45) is 2.02. The number of nitrogens with zero attached hydrogens (tertiary/aromatic N) is 1. The van der Waals surface area contributed by atoms with Crippen LogP contribution in [-0.4, -0.2) is 25.0 Å². The topological polar surface area (TPSA) is 72.3 Å². The molecule has 0 aliphatic carbocycles. The molecule has 1 saturated heterocycles. The van der Waals surface area contributed by atoms with Crippen LogP contribution in [0.3, 0.4) is 0 Å². The minimum Gasteiger partial charge on any atom is -0.367 e. The molecule has 17 heavy (non-hydrogen) atoms. The molecule has 1 unspecified atom stereocenters. The number of hydrogen-bond acceptors (Lipinski definition) is 3. The number of nitrogens with two attached hydrogens (primary N) is 2. The molecule has 1 aliphatic heterocycles. The number of halogens is 1. The van der Waals surface area contributed by atoms with Gasteiger partial charge >= 0.3 is 0 Å². The predicted octanol–water partition coefficient (Wildman–Crippen LogP) is 0.852. The maximum atomic E-state index is 13.1. The maximum absolute atomic E-state index is 13.1. The highest BCUT2D eigenvalue weighted by Gasteiger charge is 2.26. The zero-order valence-electron chi connectivity index (χ0n) is 9.53. The fraction of sp³-hybridized carbons (Fsp3) is 0.417. The molecule has 0 aromatic heterocycles. The standard InChI is InChI=1S/C12H16FN3O/c13-8-3-4-11(10(6-8)12(15)17)16-5-1-2-9(16)7-14/h3-4,6,9H,1-2,5,7,14H2,(H2,15,17). The molecular formula is C12H16FN3O.